The van der Waals surface area contributed by atoms with Crippen molar-refractivity contribution in [1.82, 2.24) is 24.9 Å². The average molecular weight is 1330 g/mol. The summed E-state index contributed by atoms with van der Waals surface area (Å²) in [4.78, 5) is 70.4. The first-order valence-corrected chi connectivity index (χ1v) is 32.0. The summed E-state index contributed by atoms with van der Waals surface area (Å²) >= 11 is 0. The van der Waals surface area contributed by atoms with Crippen LogP contribution >= 0.6 is 0 Å². The molecule has 0 amide bonds. The van der Waals surface area contributed by atoms with Crippen LogP contribution in [0.3, 0.4) is 0 Å². The Morgan fingerprint density at radius 3 is 1.03 bits per heavy atom. The van der Waals surface area contributed by atoms with E-state index in [2.05, 4.69) is 24.9 Å². The predicted molar refractivity (Wildman–Crippen MR) is 373 cm³/mol. The Morgan fingerprint density at radius 1 is 0.323 bits per heavy atom. The first kappa shape index (κ1) is 70.8. The molecule has 0 aliphatic carbocycles. The first-order chi connectivity index (χ1) is 48.5. The molecule has 0 saturated heterocycles. The lowest BCUT2D eigenvalue weighted by Crippen LogP contribution is -2.10. The van der Waals surface area contributed by atoms with Gasteiger partial charge in [-0.3, -0.25) is 4.98 Å². The molecule has 0 saturated carbocycles. The molecule has 12 aromatic rings. The molecule has 0 spiro atoms. The maximum atomic E-state index is 12.2. The SMILES string of the molecule is CCOc1ccc(-c2cccc(C(=O)OCCc3ccco3)n2)cc1.CCOc1ccc(-c2cccc(C(=O)OCc3ccccc3)n2)cc1.CCOc1ccc(-c2cccc(C(=O)OCc3ccccn3)n2)cc1.CCOc1ccc(-c2cccc(C(=O)OCc3ccco3)n2)cc1. The van der Waals surface area contributed by atoms with Gasteiger partial charge in [0.25, 0.3) is 0 Å². The van der Waals surface area contributed by atoms with Crippen molar-refractivity contribution < 1.29 is 65.9 Å². The number of benzene rings is 5. The summed E-state index contributed by atoms with van der Waals surface area (Å²) in [6.07, 6.45) is 5.33. The summed E-state index contributed by atoms with van der Waals surface area (Å²) in [5.41, 5.74) is 9.21. The summed E-state index contributed by atoms with van der Waals surface area (Å²) in [6, 6.07) is 73.7. The van der Waals surface area contributed by atoms with Crippen LogP contribution < -0.4 is 18.9 Å². The highest BCUT2D eigenvalue weighted by Gasteiger charge is 2.16. The van der Waals surface area contributed by atoms with Crippen molar-refractivity contribution in [2.24, 2.45) is 0 Å². The Hall–Kier alpha value is -12.5. The Morgan fingerprint density at radius 2 is 0.677 bits per heavy atom. The molecular weight excluding hydrogens is 1250 g/mol. The van der Waals surface area contributed by atoms with Crippen LogP contribution in [0.4, 0.5) is 0 Å². The summed E-state index contributed by atoms with van der Waals surface area (Å²) in [5, 5.41) is 0. The fourth-order valence-electron chi connectivity index (χ4n) is 9.26. The van der Waals surface area contributed by atoms with Gasteiger partial charge in [0.1, 0.15) is 77.1 Å². The van der Waals surface area contributed by atoms with Gasteiger partial charge in [-0.1, -0.05) is 60.7 Å². The second-order valence-electron chi connectivity index (χ2n) is 21.0. The monoisotopic (exact) mass is 1330 g/mol. The second-order valence-corrected chi connectivity index (χ2v) is 21.0. The van der Waals surface area contributed by atoms with Gasteiger partial charge >= 0.3 is 23.9 Å². The maximum Gasteiger partial charge on any atom is 0.357 e. The minimum atomic E-state index is -0.487. The van der Waals surface area contributed by atoms with Crippen molar-refractivity contribution in [3.63, 3.8) is 0 Å². The molecule has 7 aromatic heterocycles. The van der Waals surface area contributed by atoms with Crippen molar-refractivity contribution in [1.29, 1.82) is 0 Å². The summed E-state index contributed by atoms with van der Waals surface area (Å²) in [6.45, 7) is 10.9. The molecule has 19 nitrogen and oxygen atoms in total. The standard InChI is InChI=1S/C21H19NO3.C20H18N2O3.C20H19NO4.C19H17NO4/c1-2-24-18-13-11-17(12-14-18)19-9-6-10-20(22-19)21(23)25-15-16-7-4-3-5-8-16;1-2-24-17-11-9-15(10-12-17)18-7-5-8-19(22-18)20(23)25-14-16-6-3-4-13-21-16;1-2-23-17-10-8-15(9-11-17)18-6-3-7-19(21-18)20(22)25-14-12-16-5-4-13-24-16;1-2-22-15-10-8-14(9-11-15)17-6-3-7-18(20-17)19(21)24-13-16-5-4-12-23-16/h3-14H,2,15H2,1H3;3-13H,2,14H2,1H3;3-11,13H,2,12,14H2,1H3;3-12H,2,13H2,1H3. The van der Waals surface area contributed by atoms with Gasteiger partial charge in [-0.15, -0.1) is 0 Å². The zero-order chi connectivity index (χ0) is 69.2. The number of aromatic nitrogens is 5. The van der Waals surface area contributed by atoms with Crippen LogP contribution in [0.2, 0.25) is 0 Å². The molecule has 99 heavy (non-hydrogen) atoms. The Bertz CT molecular complexity index is 4260. The van der Waals surface area contributed by atoms with Gasteiger partial charge in [0, 0.05) is 34.9 Å². The summed E-state index contributed by atoms with van der Waals surface area (Å²) < 4.78 is 53.1. The Kier molecular flexibility index (Phi) is 27.3. The van der Waals surface area contributed by atoms with E-state index in [1.807, 2.05) is 198 Å². The molecule has 12 rings (SSSR count). The number of pyridine rings is 5. The molecule has 5 aromatic carbocycles. The van der Waals surface area contributed by atoms with Crippen LogP contribution in [0.5, 0.6) is 23.0 Å². The van der Waals surface area contributed by atoms with Gasteiger partial charge in [0.2, 0.25) is 0 Å². The lowest BCUT2D eigenvalue weighted by molar-refractivity contribution is 0.0435. The van der Waals surface area contributed by atoms with Gasteiger partial charge in [0.15, 0.2) is 0 Å². The van der Waals surface area contributed by atoms with Gasteiger partial charge in [0.05, 0.1) is 74.0 Å². The molecule has 19 heteroatoms. The normalized spacial score (nSPS) is 10.3. The van der Waals surface area contributed by atoms with E-state index in [0.717, 1.165) is 62.3 Å². The fraction of sp³-hybridized carbons (Fsp3) is 0.163. The molecule has 0 bridgehead atoms. The molecule has 0 unspecified atom stereocenters. The van der Waals surface area contributed by atoms with Crippen molar-refractivity contribution in [2.75, 3.05) is 33.0 Å². The number of hydrogen-bond acceptors (Lipinski definition) is 19. The minimum Gasteiger partial charge on any atom is -0.494 e. The van der Waals surface area contributed by atoms with Crippen LogP contribution in [0, 0.1) is 0 Å². The molecule has 502 valence electrons. The highest BCUT2D eigenvalue weighted by atomic mass is 16.6. The molecule has 0 fully saturated rings. The zero-order valence-electron chi connectivity index (χ0n) is 55.1. The van der Waals surface area contributed by atoms with Crippen molar-refractivity contribution in [3.8, 4) is 68.0 Å². The number of carbonyl (C=O) groups is 4. The molecule has 0 atom stereocenters. The smallest absolute Gasteiger partial charge is 0.357 e. The van der Waals surface area contributed by atoms with Crippen LogP contribution in [-0.4, -0.2) is 81.8 Å². The van der Waals surface area contributed by atoms with Gasteiger partial charge in [-0.25, -0.2) is 39.1 Å². The van der Waals surface area contributed by atoms with Crippen molar-refractivity contribution in [3.05, 3.63) is 307 Å². The number of hydrogen-bond donors (Lipinski definition) is 0. The quantitative estimate of drug-likeness (QED) is 0.0382. The van der Waals surface area contributed by atoms with E-state index in [-0.39, 0.29) is 43.5 Å². The Balaban J connectivity index is 0.000000154. The lowest BCUT2D eigenvalue weighted by Gasteiger charge is -2.07. The van der Waals surface area contributed by atoms with Crippen molar-refractivity contribution >= 4 is 23.9 Å². The summed E-state index contributed by atoms with van der Waals surface area (Å²) in [5.74, 6) is 2.75. The second kappa shape index (κ2) is 38.1. The van der Waals surface area contributed by atoms with E-state index in [1.165, 1.54) is 6.26 Å². The van der Waals surface area contributed by atoms with E-state index in [1.54, 1.807) is 85.3 Å². The zero-order valence-corrected chi connectivity index (χ0v) is 55.1. The van der Waals surface area contributed by atoms with E-state index in [4.69, 9.17) is 46.7 Å². The topological polar surface area (TPSA) is 233 Å². The molecular formula is C80H73N5O14. The van der Waals surface area contributed by atoms with Crippen molar-refractivity contribution in [2.45, 2.75) is 53.9 Å². The van der Waals surface area contributed by atoms with Crippen LogP contribution in [-0.2, 0) is 45.2 Å². The van der Waals surface area contributed by atoms with Crippen LogP contribution in [0.15, 0.2) is 270 Å². The third-order valence-corrected chi connectivity index (χ3v) is 14.1. The lowest BCUT2D eigenvalue weighted by atomic mass is 10.1. The average Bonchev–Trinajstić information content (AvgIpc) is 1.19. The highest BCUT2D eigenvalue weighted by Crippen LogP contribution is 2.26. The number of esters is 4. The number of carbonyl (C=O) groups excluding carboxylic acids is 4. The number of nitrogens with zero attached hydrogens (tertiary/aromatic N) is 5. The van der Waals surface area contributed by atoms with E-state index >= 15 is 0 Å². The molecule has 7 heterocycles. The minimum absolute atomic E-state index is 0.0841. The number of furan rings is 2. The number of ether oxygens (including phenoxy) is 8. The highest BCUT2D eigenvalue weighted by molar-refractivity contribution is 5.90. The largest absolute Gasteiger partial charge is 0.494 e. The molecule has 0 aliphatic heterocycles. The van der Waals surface area contributed by atoms with Gasteiger partial charge in [-0.2, -0.15) is 0 Å². The van der Waals surface area contributed by atoms with E-state index in [0.29, 0.717) is 67.1 Å². The fourth-order valence-corrected chi connectivity index (χ4v) is 9.26. The van der Waals surface area contributed by atoms with E-state index < -0.39 is 23.9 Å². The first-order valence-electron chi connectivity index (χ1n) is 32.0. The molecule has 0 aliphatic rings. The Labute approximate surface area is 574 Å². The van der Waals surface area contributed by atoms with Gasteiger partial charge < -0.3 is 46.7 Å². The molecule has 0 N–H and O–H groups in total. The third-order valence-electron chi connectivity index (χ3n) is 14.1. The predicted octanol–water partition coefficient (Wildman–Crippen LogP) is 16.6. The molecule has 0 radical (unpaired) electrons. The maximum absolute atomic E-state index is 12.2. The van der Waals surface area contributed by atoms with Gasteiger partial charge in [-0.05, 0) is 215 Å². The third kappa shape index (κ3) is 22.6. The number of rotatable bonds is 25. The van der Waals surface area contributed by atoms with E-state index in [9.17, 15) is 19.2 Å². The van der Waals surface area contributed by atoms with Crippen LogP contribution in [0.25, 0.3) is 45.0 Å². The van der Waals surface area contributed by atoms with Crippen LogP contribution in [0.1, 0.15) is 92.4 Å². The summed E-state index contributed by atoms with van der Waals surface area (Å²) in [7, 11) is 0.